The van der Waals surface area contributed by atoms with Gasteiger partial charge in [-0.1, -0.05) is 5.92 Å². The minimum absolute atomic E-state index is 0.132. The molecule has 0 spiro atoms. The third kappa shape index (κ3) is 1.63. The minimum Gasteiger partial charge on any atom is -0.412 e. The number of hydrogen-bond donors (Lipinski definition) is 0. The predicted octanol–water partition coefficient (Wildman–Crippen LogP) is 1.23. The molecular formula is C8H8O2. The molecule has 0 aromatic carbocycles. The number of allylic oxidation sites excluding steroid dienone is 2. The van der Waals surface area contributed by atoms with Crippen molar-refractivity contribution in [2.24, 2.45) is 0 Å². The van der Waals surface area contributed by atoms with Gasteiger partial charge >= 0.3 is 0 Å². The first-order chi connectivity index (χ1) is 4.83. The van der Waals surface area contributed by atoms with Crippen LogP contribution in [0.2, 0.25) is 0 Å². The topological polar surface area (TPSA) is 26.3 Å². The van der Waals surface area contributed by atoms with E-state index < -0.39 is 0 Å². The summed E-state index contributed by atoms with van der Waals surface area (Å²) in [5, 5.41) is 0. The molecule has 1 rings (SSSR count). The van der Waals surface area contributed by atoms with Crippen molar-refractivity contribution in [3.8, 4) is 12.0 Å². The molecule has 0 N–H and O–H groups in total. The number of rotatable bonds is 1. The van der Waals surface area contributed by atoms with E-state index in [2.05, 4.69) is 12.0 Å². The molecule has 52 valence electrons. The zero-order chi connectivity index (χ0) is 7.40. The van der Waals surface area contributed by atoms with Gasteiger partial charge in [0.1, 0.15) is 11.9 Å². The number of ketones is 1. The standard InChI is InChI=1S/C8H8O2/c1-2-5-10-8-4-3-7(9)6-8/h6H,3-4H2,1H3. The molecule has 0 radical (unpaired) electrons. The predicted molar refractivity (Wildman–Crippen MR) is 36.9 cm³/mol. The van der Waals surface area contributed by atoms with E-state index in [0.29, 0.717) is 18.6 Å². The van der Waals surface area contributed by atoms with E-state index >= 15 is 0 Å². The van der Waals surface area contributed by atoms with Crippen molar-refractivity contribution in [2.75, 3.05) is 0 Å². The lowest BCUT2D eigenvalue weighted by Gasteiger charge is -1.91. The van der Waals surface area contributed by atoms with Crippen LogP contribution >= 0.6 is 0 Å². The van der Waals surface area contributed by atoms with E-state index in [1.54, 1.807) is 6.92 Å². The first kappa shape index (κ1) is 6.88. The molecule has 10 heavy (non-hydrogen) atoms. The molecule has 0 amide bonds. The Bertz CT molecular complexity index is 227. The van der Waals surface area contributed by atoms with Gasteiger partial charge in [-0.15, -0.1) is 0 Å². The maximum atomic E-state index is 10.6. The van der Waals surface area contributed by atoms with Gasteiger partial charge in [-0.05, 0) is 0 Å². The van der Waals surface area contributed by atoms with Crippen molar-refractivity contribution < 1.29 is 9.53 Å². The zero-order valence-electron chi connectivity index (χ0n) is 5.81. The Balaban J connectivity index is 2.48. The molecule has 0 aromatic heterocycles. The number of hydrogen-bond acceptors (Lipinski definition) is 2. The SMILES string of the molecule is CC#COC1=CC(=O)CC1. The van der Waals surface area contributed by atoms with Crippen molar-refractivity contribution in [3.05, 3.63) is 11.8 Å². The largest absolute Gasteiger partial charge is 0.412 e. The van der Waals surface area contributed by atoms with Crippen LogP contribution in [0.15, 0.2) is 11.8 Å². The van der Waals surface area contributed by atoms with Crippen molar-refractivity contribution in [3.63, 3.8) is 0 Å². The second kappa shape index (κ2) is 3.07. The van der Waals surface area contributed by atoms with E-state index in [4.69, 9.17) is 4.74 Å². The van der Waals surface area contributed by atoms with Gasteiger partial charge in [0.05, 0.1) is 0 Å². The highest BCUT2D eigenvalue weighted by Crippen LogP contribution is 2.14. The maximum absolute atomic E-state index is 10.6. The van der Waals surface area contributed by atoms with Gasteiger partial charge in [0, 0.05) is 25.8 Å². The Morgan fingerprint density at radius 2 is 2.40 bits per heavy atom. The molecular weight excluding hydrogens is 128 g/mol. The summed E-state index contributed by atoms with van der Waals surface area (Å²) in [6.07, 6.45) is 5.22. The van der Waals surface area contributed by atoms with Gasteiger partial charge in [0.2, 0.25) is 0 Å². The maximum Gasteiger partial charge on any atom is 0.159 e. The third-order valence-electron chi connectivity index (χ3n) is 1.22. The first-order valence-corrected chi connectivity index (χ1v) is 3.15. The highest BCUT2D eigenvalue weighted by molar-refractivity contribution is 5.92. The van der Waals surface area contributed by atoms with Crippen LogP contribution in [0.3, 0.4) is 0 Å². The summed E-state index contributed by atoms with van der Waals surface area (Å²) in [6.45, 7) is 1.69. The molecule has 1 aliphatic rings. The third-order valence-corrected chi connectivity index (χ3v) is 1.22. The van der Waals surface area contributed by atoms with Crippen molar-refractivity contribution in [1.29, 1.82) is 0 Å². The summed E-state index contributed by atoms with van der Waals surface area (Å²) in [7, 11) is 0. The van der Waals surface area contributed by atoms with E-state index in [9.17, 15) is 4.79 Å². The highest BCUT2D eigenvalue weighted by Gasteiger charge is 2.11. The molecule has 0 heterocycles. The fourth-order valence-corrected chi connectivity index (χ4v) is 0.767. The van der Waals surface area contributed by atoms with Gasteiger partial charge < -0.3 is 4.74 Å². The molecule has 2 nitrogen and oxygen atoms in total. The quantitative estimate of drug-likeness (QED) is 0.507. The van der Waals surface area contributed by atoms with E-state index in [-0.39, 0.29) is 5.78 Å². The molecule has 0 atom stereocenters. The van der Waals surface area contributed by atoms with Gasteiger partial charge in [-0.25, -0.2) is 0 Å². The van der Waals surface area contributed by atoms with Crippen LogP contribution in [0.4, 0.5) is 0 Å². The molecule has 0 fully saturated rings. The summed E-state index contributed by atoms with van der Waals surface area (Å²) in [4.78, 5) is 10.6. The van der Waals surface area contributed by atoms with Crippen LogP contribution in [0.1, 0.15) is 19.8 Å². The summed E-state index contributed by atoms with van der Waals surface area (Å²) >= 11 is 0. The Hall–Kier alpha value is -1.23. The monoisotopic (exact) mass is 136 g/mol. The van der Waals surface area contributed by atoms with Crippen LogP contribution in [-0.2, 0) is 9.53 Å². The Kier molecular flexibility index (Phi) is 2.11. The molecule has 0 bridgehead atoms. The van der Waals surface area contributed by atoms with Crippen molar-refractivity contribution in [2.45, 2.75) is 19.8 Å². The van der Waals surface area contributed by atoms with E-state index in [1.165, 1.54) is 6.08 Å². The van der Waals surface area contributed by atoms with Gasteiger partial charge in [0.15, 0.2) is 5.78 Å². The Morgan fingerprint density at radius 3 is 2.90 bits per heavy atom. The zero-order valence-corrected chi connectivity index (χ0v) is 5.81. The smallest absolute Gasteiger partial charge is 0.159 e. The lowest BCUT2D eigenvalue weighted by molar-refractivity contribution is -0.114. The van der Waals surface area contributed by atoms with Gasteiger partial charge in [-0.3, -0.25) is 4.79 Å². The van der Waals surface area contributed by atoms with Crippen LogP contribution in [0, 0.1) is 12.0 Å². The van der Waals surface area contributed by atoms with Crippen molar-refractivity contribution in [1.82, 2.24) is 0 Å². The fraction of sp³-hybridized carbons (Fsp3) is 0.375. The summed E-state index contributed by atoms with van der Waals surface area (Å²) < 4.78 is 4.90. The number of ether oxygens (including phenoxy) is 1. The number of carbonyl (C=O) groups excluding carboxylic acids is 1. The highest BCUT2D eigenvalue weighted by atomic mass is 16.5. The molecule has 0 unspecified atom stereocenters. The summed E-state index contributed by atoms with van der Waals surface area (Å²) in [5.41, 5.74) is 0. The molecule has 0 saturated heterocycles. The Morgan fingerprint density at radius 1 is 1.60 bits per heavy atom. The van der Waals surface area contributed by atoms with Gasteiger partial charge in [0.25, 0.3) is 0 Å². The lowest BCUT2D eigenvalue weighted by Crippen LogP contribution is -1.80. The second-order valence-electron chi connectivity index (χ2n) is 2.03. The first-order valence-electron chi connectivity index (χ1n) is 3.15. The van der Waals surface area contributed by atoms with Crippen molar-refractivity contribution >= 4 is 5.78 Å². The average Bonchev–Trinajstić information content (AvgIpc) is 2.31. The van der Waals surface area contributed by atoms with Gasteiger partial charge in [-0.2, -0.15) is 0 Å². The fourth-order valence-electron chi connectivity index (χ4n) is 0.767. The summed E-state index contributed by atoms with van der Waals surface area (Å²) in [6, 6.07) is 0. The lowest BCUT2D eigenvalue weighted by atomic mass is 10.3. The minimum atomic E-state index is 0.132. The number of carbonyl (C=O) groups is 1. The van der Waals surface area contributed by atoms with Crippen LogP contribution < -0.4 is 0 Å². The molecule has 0 aliphatic heterocycles. The van der Waals surface area contributed by atoms with Crippen LogP contribution in [-0.4, -0.2) is 5.78 Å². The molecule has 0 aromatic rings. The van der Waals surface area contributed by atoms with Crippen LogP contribution in [0.25, 0.3) is 0 Å². The van der Waals surface area contributed by atoms with E-state index in [1.807, 2.05) is 0 Å². The average molecular weight is 136 g/mol. The summed E-state index contributed by atoms with van der Waals surface area (Å²) in [5.74, 6) is 3.41. The van der Waals surface area contributed by atoms with Crippen LogP contribution in [0.5, 0.6) is 0 Å². The normalized spacial score (nSPS) is 15.7. The molecule has 1 aliphatic carbocycles. The van der Waals surface area contributed by atoms with E-state index in [0.717, 1.165) is 0 Å². The molecule has 0 saturated carbocycles. The Labute approximate surface area is 59.9 Å². The molecule has 2 heteroatoms. The second-order valence-corrected chi connectivity index (χ2v) is 2.03.